The third-order valence-corrected chi connectivity index (χ3v) is 6.06. The molecule has 1 amide bonds. The number of piperidine rings is 1. The molecule has 1 saturated carbocycles. The maximum Gasteiger partial charge on any atom is 0.254 e. The molecule has 5 nitrogen and oxygen atoms in total. The van der Waals surface area contributed by atoms with Gasteiger partial charge in [0.15, 0.2) is 0 Å². The molecular formula is C20H30N2O3. The number of ether oxygens (including phenoxy) is 2. The van der Waals surface area contributed by atoms with E-state index in [-0.39, 0.29) is 11.5 Å². The number of carbonyl (C=O) groups excluding carboxylic acids is 1. The smallest absolute Gasteiger partial charge is 0.254 e. The van der Waals surface area contributed by atoms with E-state index in [1.165, 1.54) is 0 Å². The summed E-state index contributed by atoms with van der Waals surface area (Å²) in [5.74, 6) is 1.24. The van der Waals surface area contributed by atoms with E-state index in [0.717, 1.165) is 83.6 Å². The lowest BCUT2D eigenvalue weighted by Gasteiger charge is -2.50. The quantitative estimate of drug-likeness (QED) is 0.767. The summed E-state index contributed by atoms with van der Waals surface area (Å²) in [6.45, 7) is 7.41. The minimum absolute atomic E-state index is 0.119. The Morgan fingerprint density at radius 1 is 1.20 bits per heavy atom. The Morgan fingerprint density at radius 2 is 2.00 bits per heavy atom. The number of likely N-dealkylation sites (tertiary alicyclic amines) is 1. The Bertz CT molecular complexity index is 571. The van der Waals surface area contributed by atoms with Crippen LogP contribution < -0.4 is 0 Å². The Kier molecular flexibility index (Phi) is 4.63. The topological polar surface area (TPSA) is 42.0 Å². The number of rotatable bonds is 5. The van der Waals surface area contributed by atoms with Gasteiger partial charge in [0.25, 0.3) is 5.91 Å². The lowest BCUT2D eigenvalue weighted by molar-refractivity contribution is -0.200. The Morgan fingerprint density at radius 3 is 2.64 bits per heavy atom. The van der Waals surface area contributed by atoms with Gasteiger partial charge in [0.05, 0.1) is 5.60 Å². The molecule has 138 valence electrons. The third-order valence-electron chi connectivity index (χ3n) is 6.06. The molecule has 5 heteroatoms. The number of hydrogen-bond donors (Lipinski definition) is 0. The van der Waals surface area contributed by atoms with Crippen LogP contribution in [0.4, 0.5) is 0 Å². The highest BCUT2D eigenvalue weighted by Crippen LogP contribution is 2.49. The van der Waals surface area contributed by atoms with E-state index in [0.29, 0.717) is 0 Å². The molecule has 25 heavy (non-hydrogen) atoms. The summed E-state index contributed by atoms with van der Waals surface area (Å²) in [6, 6.07) is 0. The number of carbonyl (C=O) groups is 1. The number of morpholine rings is 1. The molecule has 0 aromatic heterocycles. The Hall–Kier alpha value is -1.33. The second-order valence-electron chi connectivity index (χ2n) is 7.88. The van der Waals surface area contributed by atoms with Crippen molar-refractivity contribution < 1.29 is 14.3 Å². The monoisotopic (exact) mass is 346 g/mol. The van der Waals surface area contributed by atoms with Crippen LogP contribution in [0.15, 0.2) is 24.0 Å². The third kappa shape index (κ3) is 3.49. The summed E-state index contributed by atoms with van der Waals surface area (Å²) in [6.07, 6.45) is 12.5. The number of nitrogens with zero attached hydrogens (tertiary/aromatic N) is 2. The second-order valence-corrected chi connectivity index (χ2v) is 7.88. The van der Waals surface area contributed by atoms with Crippen molar-refractivity contribution in [1.82, 2.24) is 9.80 Å². The molecule has 4 aliphatic rings. The average molecular weight is 346 g/mol. The lowest BCUT2D eigenvalue weighted by atomic mass is 9.88. The molecule has 0 atom stereocenters. The van der Waals surface area contributed by atoms with Gasteiger partial charge in [-0.2, -0.15) is 0 Å². The van der Waals surface area contributed by atoms with Crippen LogP contribution in [-0.4, -0.2) is 66.2 Å². The van der Waals surface area contributed by atoms with Crippen LogP contribution in [0.2, 0.25) is 0 Å². The van der Waals surface area contributed by atoms with E-state index < -0.39 is 5.60 Å². The fourth-order valence-electron chi connectivity index (χ4n) is 4.32. The van der Waals surface area contributed by atoms with Gasteiger partial charge in [-0.1, -0.05) is 6.08 Å². The summed E-state index contributed by atoms with van der Waals surface area (Å²) in [7, 11) is 0. The Balaban J connectivity index is 1.27. The molecule has 2 saturated heterocycles. The van der Waals surface area contributed by atoms with E-state index in [2.05, 4.69) is 30.1 Å². The van der Waals surface area contributed by atoms with Gasteiger partial charge < -0.3 is 14.4 Å². The van der Waals surface area contributed by atoms with Gasteiger partial charge in [0, 0.05) is 32.7 Å². The minimum Gasteiger partial charge on any atom is -0.493 e. The average Bonchev–Trinajstić information content (AvgIpc) is 3.41. The van der Waals surface area contributed by atoms with Crippen LogP contribution in [0, 0.1) is 0 Å². The van der Waals surface area contributed by atoms with Crippen molar-refractivity contribution >= 4 is 5.91 Å². The fraction of sp³-hybridized carbons (Fsp3) is 0.750. The molecule has 2 spiro atoms. The molecule has 3 fully saturated rings. The van der Waals surface area contributed by atoms with Gasteiger partial charge in [-0.15, -0.1) is 0 Å². The molecule has 0 unspecified atom stereocenters. The zero-order valence-electron chi connectivity index (χ0n) is 15.3. The first kappa shape index (κ1) is 17.1. The van der Waals surface area contributed by atoms with Crippen LogP contribution in [0.5, 0.6) is 0 Å². The summed E-state index contributed by atoms with van der Waals surface area (Å²) in [5.41, 5.74) is -0.578. The van der Waals surface area contributed by atoms with Gasteiger partial charge in [0.1, 0.15) is 18.0 Å². The predicted octanol–water partition coefficient (Wildman–Crippen LogP) is 2.48. The van der Waals surface area contributed by atoms with Crippen molar-refractivity contribution in [1.29, 1.82) is 0 Å². The van der Waals surface area contributed by atoms with E-state index >= 15 is 0 Å². The largest absolute Gasteiger partial charge is 0.493 e. The summed E-state index contributed by atoms with van der Waals surface area (Å²) in [4.78, 5) is 17.0. The lowest BCUT2D eigenvalue weighted by Crippen LogP contribution is -2.63. The van der Waals surface area contributed by atoms with Gasteiger partial charge in [-0.25, -0.2) is 0 Å². The molecule has 0 bridgehead atoms. The normalized spacial score (nSPS) is 27.6. The van der Waals surface area contributed by atoms with Crippen molar-refractivity contribution in [3.8, 4) is 0 Å². The van der Waals surface area contributed by atoms with E-state index in [9.17, 15) is 4.79 Å². The number of likely N-dealkylation sites (N-methyl/N-ethyl adjacent to an activating group) is 1. The molecule has 0 radical (unpaired) electrons. The molecule has 4 rings (SSSR count). The highest BCUT2D eigenvalue weighted by molar-refractivity contribution is 5.89. The zero-order chi connectivity index (χ0) is 17.3. The van der Waals surface area contributed by atoms with Crippen LogP contribution in [0.1, 0.15) is 45.4 Å². The van der Waals surface area contributed by atoms with E-state index in [1.807, 2.05) is 4.90 Å². The first-order chi connectivity index (χ1) is 12.1. The number of amides is 1. The molecule has 2 heterocycles. The van der Waals surface area contributed by atoms with Crippen molar-refractivity contribution in [3.05, 3.63) is 24.0 Å². The van der Waals surface area contributed by atoms with Gasteiger partial charge in [0.2, 0.25) is 0 Å². The molecule has 2 aliphatic carbocycles. The maximum absolute atomic E-state index is 12.5. The van der Waals surface area contributed by atoms with Crippen molar-refractivity contribution in [2.24, 2.45) is 0 Å². The van der Waals surface area contributed by atoms with E-state index in [4.69, 9.17) is 9.47 Å². The van der Waals surface area contributed by atoms with Gasteiger partial charge >= 0.3 is 0 Å². The number of hydrogen-bond acceptors (Lipinski definition) is 4. The first-order valence-corrected chi connectivity index (χ1v) is 9.86. The van der Waals surface area contributed by atoms with Crippen LogP contribution in [-0.2, 0) is 14.3 Å². The Labute approximate surface area is 150 Å². The van der Waals surface area contributed by atoms with Crippen molar-refractivity contribution in [2.45, 2.75) is 56.7 Å². The molecule has 2 aliphatic heterocycles. The predicted molar refractivity (Wildman–Crippen MR) is 96.1 cm³/mol. The highest BCUT2D eigenvalue weighted by atomic mass is 16.5. The van der Waals surface area contributed by atoms with E-state index in [1.54, 1.807) is 0 Å². The zero-order valence-corrected chi connectivity index (χ0v) is 15.3. The van der Waals surface area contributed by atoms with Gasteiger partial charge in [-0.05, 0) is 57.6 Å². The second kappa shape index (κ2) is 6.76. The molecule has 0 N–H and O–H groups in total. The molecule has 0 aromatic carbocycles. The summed E-state index contributed by atoms with van der Waals surface area (Å²) in [5, 5.41) is 0. The SMILES string of the molecule is CCN1CC2(CCN(CCOC3=CCCC=C3)CC2)OC2(CC2)C1=O. The summed E-state index contributed by atoms with van der Waals surface area (Å²) >= 11 is 0. The van der Waals surface area contributed by atoms with Crippen LogP contribution in [0.25, 0.3) is 0 Å². The van der Waals surface area contributed by atoms with Crippen molar-refractivity contribution in [2.75, 3.05) is 39.3 Å². The van der Waals surface area contributed by atoms with Crippen LogP contribution in [0.3, 0.4) is 0 Å². The summed E-state index contributed by atoms with van der Waals surface area (Å²) < 4.78 is 12.3. The maximum atomic E-state index is 12.5. The van der Waals surface area contributed by atoms with Crippen LogP contribution >= 0.6 is 0 Å². The number of allylic oxidation sites excluding steroid dienone is 3. The highest BCUT2D eigenvalue weighted by Gasteiger charge is 2.61. The fourth-order valence-corrected chi connectivity index (χ4v) is 4.32. The molecular weight excluding hydrogens is 316 g/mol. The molecule has 0 aromatic rings. The van der Waals surface area contributed by atoms with Crippen molar-refractivity contribution in [3.63, 3.8) is 0 Å². The minimum atomic E-state index is -0.459. The first-order valence-electron chi connectivity index (χ1n) is 9.86. The standard InChI is InChI=1S/C20H30N2O3/c1-2-22-16-19(25-20(8-9-20)18(22)23)10-12-21(13-11-19)14-15-24-17-6-4-3-5-7-17/h4,6-7H,2-3,5,8-16H2,1H3. The van der Waals surface area contributed by atoms with Gasteiger partial charge in [-0.3, -0.25) is 9.69 Å².